The zero-order valence-electron chi connectivity index (χ0n) is 27.7. The molecule has 0 N–H and O–H groups in total. The molecule has 0 atom stereocenters. The van der Waals surface area contributed by atoms with Crippen molar-refractivity contribution in [3.63, 3.8) is 0 Å². The van der Waals surface area contributed by atoms with Gasteiger partial charge in [0.25, 0.3) is 0 Å². The number of fused-ring (bicyclic) bond motifs is 4. The van der Waals surface area contributed by atoms with Crippen molar-refractivity contribution in [2.75, 3.05) is 40.6 Å². The van der Waals surface area contributed by atoms with Crippen molar-refractivity contribution in [3.8, 4) is 0 Å². The van der Waals surface area contributed by atoms with E-state index in [9.17, 15) is 9.59 Å². The summed E-state index contributed by atoms with van der Waals surface area (Å²) in [5.74, 6) is -0.732. The first-order chi connectivity index (χ1) is 22.2. The summed E-state index contributed by atoms with van der Waals surface area (Å²) < 4.78 is 26.1. The lowest BCUT2D eigenvalue weighted by molar-refractivity contribution is -0.137. The number of methoxy groups -OCH3 is 2. The highest BCUT2D eigenvalue weighted by molar-refractivity contribution is 6.09. The van der Waals surface area contributed by atoms with Crippen LogP contribution < -0.4 is 0 Å². The average Bonchev–Trinajstić information content (AvgIpc) is 3.53. The first-order valence-electron chi connectivity index (χ1n) is 15.8. The van der Waals surface area contributed by atoms with E-state index in [2.05, 4.69) is 54.2 Å². The van der Waals surface area contributed by atoms with Crippen LogP contribution in [0.2, 0.25) is 0 Å². The van der Waals surface area contributed by atoms with Crippen molar-refractivity contribution < 1.29 is 28.5 Å². The van der Waals surface area contributed by atoms with Crippen LogP contribution in [0.1, 0.15) is 48.8 Å². The van der Waals surface area contributed by atoms with E-state index in [1.165, 1.54) is 14.2 Å². The summed E-state index contributed by atoms with van der Waals surface area (Å²) in [6.45, 7) is 11.8. The molecule has 5 aromatic rings. The van der Waals surface area contributed by atoms with Crippen molar-refractivity contribution in [2.45, 2.75) is 47.2 Å². The second-order valence-electron chi connectivity index (χ2n) is 12.1. The topological polar surface area (TPSA) is 80.9 Å². The molecule has 8 nitrogen and oxygen atoms in total. The minimum absolute atomic E-state index is 0.357. The number of hydrogen-bond acceptors (Lipinski definition) is 6. The number of esters is 2. The molecule has 3 aromatic carbocycles. The van der Waals surface area contributed by atoms with E-state index < -0.39 is 5.41 Å². The fourth-order valence-corrected chi connectivity index (χ4v) is 6.28. The molecule has 2 heterocycles. The Morgan fingerprint density at radius 3 is 2.11 bits per heavy atom. The molecule has 46 heavy (non-hydrogen) atoms. The first-order valence-corrected chi connectivity index (χ1v) is 15.8. The molecule has 0 saturated heterocycles. The Labute approximate surface area is 270 Å². The molecule has 0 fully saturated rings. The Bertz CT molecular complexity index is 1890. The second-order valence-corrected chi connectivity index (χ2v) is 12.1. The molecule has 8 heteroatoms. The number of aromatic nitrogens is 2. The lowest BCUT2D eigenvalue weighted by Crippen LogP contribution is -2.24. The summed E-state index contributed by atoms with van der Waals surface area (Å²) in [5, 5.41) is 3.31. The molecule has 0 spiro atoms. The number of aryl methyl sites for hydroxylation is 2. The fourth-order valence-electron chi connectivity index (χ4n) is 6.28. The van der Waals surface area contributed by atoms with E-state index in [1.54, 1.807) is 6.07 Å². The number of carbonyl (C=O) groups is 2. The van der Waals surface area contributed by atoms with Crippen LogP contribution in [0.15, 0.2) is 72.3 Å². The molecule has 242 valence electrons. The minimum atomic E-state index is -0.563. The van der Waals surface area contributed by atoms with Crippen molar-refractivity contribution in [2.24, 2.45) is 5.41 Å². The zero-order chi connectivity index (χ0) is 32.8. The van der Waals surface area contributed by atoms with Gasteiger partial charge in [-0.1, -0.05) is 56.3 Å². The maximum Gasteiger partial charge on any atom is 0.337 e. The molecule has 0 amide bonds. The molecule has 0 bridgehead atoms. The Morgan fingerprint density at radius 1 is 0.761 bits per heavy atom. The zero-order valence-corrected chi connectivity index (χ0v) is 27.7. The Balaban J connectivity index is 1.52. The smallest absolute Gasteiger partial charge is 0.337 e. The van der Waals surface area contributed by atoms with Gasteiger partial charge < -0.3 is 28.1 Å². The van der Waals surface area contributed by atoms with Crippen LogP contribution in [0.5, 0.6) is 0 Å². The van der Waals surface area contributed by atoms with Crippen molar-refractivity contribution in [1.29, 1.82) is 0 Å². The van der Waals surface area contributed by atoms with Gasteiger partial charge in [-0.25, -0.2) is 9.59 Å². The van der Waals surface area contributed by atoms with Gasteiger partial charge in [0.05, 0.1) is 39.6 Å². The van der Waals surface area contributed by atoms with Crippen molar-refractivity contribution >= 4 is 50.7 Å². The fraction of sp³-hybridized carbons (Fsp3) is 0.368. The lowest BCUT2D eigenvalue weighted by atomic mass is 9.80. The highest BCUT2D eigenvalue weighted by Crippen LogP contribution is 2.38. The number of hydrogen-bond donors (Lipinski definition) is 0. The molecule has 0 aliphatic carbocycles. The number of carbonyl (C=O) groups excluding carboxylic acids is 2. The van der Waals surface area contributed by atoms with Crippen molar-refractivity contribution in [1.82, 2.24) is 9.13 Å². The average molecular weight is 625 g/mol. The standard InChI is InChI=1S/C38H44N2O6/c1-7-45-22-23-46-21-20-40-32-14-10-8-12-28(32)26(2)34(40)25-31(37(42)44-6)38(3,4)18-19-39-33-15-11-9-13-29(33)30-17-16-27(24-35(30)39)36(41)43-5/h8-17,24-25H,7,18-23H2,1-6H3/b31-25-. The quantitative estimate of drug-likeness (QED) is 0.0720. The van der Waals surface area contributed by atoms with Gasteiger partial charge in [0, 0.05) is 63.7 Å². The summed E-state index contributed by atoms with van der Waals surface area (Å²) >= 11 is 0. The van der Waals surface area contributed by atoms with Gasteiger partial charge in [0.15, 0.2) is 0 Å². The molecular formula is C38H44N2O6. The van der Waals surface area contributed by atoms with Crippen LogP contribution in [0.4, 0.5) is 0 Å². The van der Waals surface area contributed by atoms with E-state index in [0.717, 1.165) is 44.0 Å². The van der Waals surface area contributed by atoms with E-state index in [-0.39, 0.29) is 11.9 Å². The molecule has 0 aliphatic rings. The third-order valence-electron chi connectivity index (χ3n) is 8.88. The molecule has 2 aromatic heterocycles. The molecule has 0 unspecified atom stereocenters. The number of ether oxygens (including phenoxy) is 4. The van der Waals surface area contributed by atoms with Crippen LogP contribution in [-0.2, 0) is 36.8 Å². The van der Waals surface area contributed by atoms with Crippen LogP contribution >= 0.6 is 0 Å². The van der Waals surface area contributed by atoms with Gasteiger partial charge in [-0.05, 0) is 61.6 Å². The summed E-state index contributed by atoms with van der Waals surface area (Å²) in [6.07, 6.45) is 2.65. The summed E-state index contributed by atoms with van der Waals surface area (Å²) in [7, 11) is 2.82. The predicted molar refractivity (Wildman–Crippen MR) is 183 cm³/mol. The van der Waals surface area contributed by atoms with E-state index in [4.69, 9.17) is 18.9 Å². The Hall–Kier alpha value is -4.40. The van der Waals surface area contributed by atoms with Crippen LogP contribution in [-0.4, -0.2) is 61.7 Å². The van der Waals surface area contributed by atoms with E-state index in [0.29, 0.717) is 57.1 Å². The normalized spacial score (nSPS) is 12.3. The molecule has 0 saturated carbocycles. The summed E-state index contributed by atoms with van der Waals surface area (Å²) in [4.78, 5) is 25.9. The third-order valence-corrected chi connectivity index (χ3v) is 8.88. The highest BCUT2D eigenvalue weighted by Gasteiger charge is 2.31. The molecule has 0 aliphatic heterocycles. The minimum Gasteiger partial charge on any atom is -0.466 e. The number of benzene rings is 3. The SMILES string of the molecule is CCOCCOCCn1c(/C=C(/C(=O)OC)C(C)(C)CCn2c3ccccc3c3ccc(C(=O)OC)cc32)c(C)c2ccccc21. The maximum atomic E-state index is 13.5. The highest BCUT2D eigenvalue weighted by atomic mass is 16.5. The largest absolute Gasteiger partial charge is 0.466 e. The lowest BCUT2D eigenvalue weighted by Gasteiger charge is -2.27. The summed E-state index contributed by atoms with van der Waals surface area (Å²) in [5.41, 5.74) is 5.69. The number of nitrogens with zero attached hydrogens (tertiary/aromatic N) is 2. The van der Waals surface area contributed by atoms with E-state index in [1.807, 2.05) is 49.4 Å². The van der Waals surface area contributed by atoms with Crippen LogP contribution in [0, 0.1) is 12.3 Å². The Morgan fingerprint density at radius 2 is 1.41 bits per heavy atom. The monoisotopic (exact) mass is 624 g/mol. The summed E-state index contributed by atoms with van der Waals surface area (Å²) in [6, 6.07) is 22.2. The molecular weight excluding hydrogens is 580 g/mol. The van der Waals surface area contributed by atoms with Crippen LogP contribution in [0.3, 0.4) is 0 Å². The van der Waals surface area contributed by atoms with E-state index >= 15 is 0 Å². The second kappa shape index (κ2) is 14.4. The van der Waals surface area contributed by atoms with Gasteiger partial charge in [0.2, 0.25) is 0 Å². The third kappa shape index (κ3) is 6.59. The Kier molecular flexibility index (Phi) is 10.3. The first kappa shape index (κ1) is 33.0. The predicted octanol–water partition coefficient (Wildman–Crippen LogP) is 7.57. The number of rotatable bonds is 14. The van der Waals surface area contributed by atoms with Gasteiger partial charge in [-0.2, -0.15) is 0 Å². The van der Waals surface area contributed by atoms with Crippen molar-refractivity contribution in [3.05, 3.63) is 89.1 Å². The van der Waals surface area contributed by atoms with Gasteiger partial charge in [0.1, 0.15) is 0 Å². The van der Waals surface area contributed by atoms with Crippen LogP contribution in [0.25, 0.3) is 38.8 Å². The number of para-hydroxylation sites is 2. The molecule has 0 radical (unpaired) electrons. The van der Waals surface area contributed by atoms with Gasteiger partial charge in [-0.3, -0.25) is 0 Å². The van der Waals surface area contributed by atoms with Gasteiger partial charge in [-0.15, -0.1) is 0 Å². The maximum absolute atomic E-state index is 13.5. The molecule has 5 rings (SSSR count). The van der Waals surface area contributed by atoms with Gasteiger partial charge >= 0.3 is 11.9 Å².